The highest BCUT2D eigenvalue weighted by atomic mass is 35.5. The Hall–Kier alpha value is -2.31. The number of halogens is 2. The Balaban J connectivity index is 1.55. The lowest BCUT2D eigenvalue weighted by atomic mass is 10.1. The molecule has 1 saturated heterocycles. The number of methoxy groups -OCH3 is 1. The van der Waals surface area contributed by atoms with Crippen LogP contribution in [0, 0.1) is 5.82 Å². The fraction of sp³-hybridized carbons (Fsp3) is 0.316. The van der Waals surface area contributed by atoms with Gasteiger partial charge < -0.3 is 15.0 Å². The maximum Gasteiger partial charge on any atom is 0.322 e. The Bertz CT molecular complexity index is 779. The number of nitrogens with one attached hydrogen (secondary N) is 1. The lowest BCUT2D eigenvalue weighted by Gasteiger charge is -2.35. The van der Waals surface area contributed by atoms with Crippen molar-refractivity contribution in [2.75, 3.05) is 38.6 Å². The first-order valence-electron chi connectivity index (χ1n) is 8.42. The summed E-state index contributed by atoms with van der Waals surface area (Å²) in [4.78, 5) is 16.3. The van der Waals surface area contributed by atoms with Gasteiger partial charge in [-0.15, -0.1) is 0 Å². The second-order valence-corrected chi connectivity index (χ2v) is 6.57. The van der Waals surface area contributed by atoms with E-state index in [2.05, 4.69) is 10.2 Å². The first kappa shape index (κ1) is 18.5. The summed E-state index contributed by atoms with van der Waals surface area (Å²) in [7, 11) is 1.64. The van der Waals surface area contributed by atoms with Crippen LogP contribution in [0.25, 0.3) is 0 Å². The van der Waals surface area contributed by atoms with Crippen LogP contribution in [0.4, 0.5) is 14.9 Å². The van der Waals surface area contributed by atoms with Gasteiger partial charge in [0, 0.05) is 43.3 Å². The number of hydrogen-bond acceptors (Lipinski definition) is 3. The summed E-state index contributed by atoms with van der Waals surface area (Å²) in [5, 5.41) is 3.30. The van der Waals surface area contributed by atoms with Crippen LogP contribution in [0.5, 0.6) is 5.75 Å². The van der Waals surface area contributed by atoms with Crippen LogP contribution in [-0.2, 0) is 6.54 Å². The molecule has 0 aromatic heterocycles. The molecular formula is C19H21ClFN3O2. The molecule has 0 bridgehead atoms. The largest absolute Gasteiger partial charge is 0.496 e. The number of para-hydroxylation sites is 1. The standard InChI is InChI=1S/C19H21ClFN3O2/c1-26-18-7-6-15(20)12-14(18)13-23-8-10-24(11-9-23)19(25)22-17-5-3-2-4-16(17)21/h2-7,12H,8-11,13H2,1H3,(H,22,25). The molecule has 1 N–H and O–H groups in total. The maximum absolute atomic E-state index is 13.7. The van der Waals surface area contributed by atoms with Crippen LogP contribution >= 0.6 is 11.6 Å². The molecule has 1 aliphatic rings. The van der Waals surface area contributed by atoms with Crippen molar-refractivity contribution in [1.82, 2.24) is 9.80 Å². The smallest absolute Gasteiger partial charge is 0.322 e. The van der Waals surface area contributed by atoms with Crippen molar-refractivity contribution in [2.45, 2.75) is 6.54 Å². The second-order valence-electron chi connectivity index (χ2n) is 6.13. The number of anilines is 1. The Morgan fingerprint density at radius 2 is 1.92 bits per heavy atom. The summed E-state index contributed by atoms with van der Waals surface area (Å²) in [6.07, 6.45) is 0. The molecule has 1 aliphatic heterocycles. The van der Waals surface area contributed by atoms with Crippen molar-refractivity contribution >= 4 is 23.3 Å². The summed E-state index contributed by atoms with van der Waals surface area (Å²) in [5.41, 5.74) is 1.22. The van der Waals surface area contributed by atoms with Crippen molar-refractivity contribution in [1.29, 1.82) is 0 Å². The number of carbonyl (C=O) groups is 1. The number of rotatable bonds is 4. The van der Waals surface area contributed by atoms with Gasteiger partial charge >= 0.3 is 6.03 Å². The minimum atomic E-state index is -0.437. The highest BCUT2D eigenvalue weighted by Gasteiger charge is 2.22. The van der Waals surface area contributed by atoms with Crippen LogP contribution < -0.4 is 10.1 Å². The Morgan fingerprint density at radius 3 is 2.62 bits per heavy atom. The second kappa shape index (κ2) is 8.38. The van der Waals surface area contributed by atoms with E-state index in [9.17, 15) is 9.18 Å². The van der Waals surface area contributed by atoms with Gasteiger partial charge in [0.25, 0.3) is 0 Å². The molecule has 1 heterocycles. The molecule has 2 aromatic rings. The predicted octanol–water partition coefficient (Wildman–Crippen LogP) is 3.84. The third-order valence-electron chi connectivity index (χ3n) is 4.41. The zero-order chi connectivity index (χ0) is 18.5. The third kappa shape index (κ3) is 4.45. The van der Waals surface area contributed by atoms with E-state index < -0.39 is 5.82 Å². The summed E-state index contributed by atoms with van der Waals surface area (Å²) in [6, 6.07) is 11.4. The van der Waals surface area contributed by atoms with Gasteiger partial charge in [-0.3, -0.25) is 4.90 Å². The zero-order valence-corrected chi connectivity index (χ0v) is 15.3. The van der Waals surface area contributed by atoms with Gasteiger partial charge in [0.05, 0.1) is 12.8 Å². The third-order valence-corrected chi connectivity index (χ3v) is 4.65. The van der Waals surface area contributed by atoms with Crippen molar-refractivity contribution < 1.29 is 13.9 Å². The number of urea groups is 1. The maximum atomic E-state index is 13.7. The highest BCUT2D eigenvalue weighted by molar-refractivity contribution is 6.30. The minimum absolute atomic E-state index is 0.198. The van der Waals surface area contributed by atoms with Gasteiger partial charge in [-0.1, -0.05) is 23.7 Å². The summed E-state index contributed by atoms with van der Waals surface area (Å²) in [5.74, 6) is 0.363. The summed E-state index contributed by atoms with van der Waals surface area (Å²) < 4.78 is 19.0. The molecule has 0 spiro atoms. The molecule has 2 amide bonds. The molecule has 0 atom stereocenters. The number of amides is 2. The van der Waals surface area contributed by atoms with E-state index in [-0.39, 0.29) is 11.7 Å². The van der Waals surface area contributed by atoms with E-state index in [0.717, 1.165) is 24.4 Å². The van der Waals surface area contributed by atoms with E-state index in [4.69, 9.17) is 16.3 Å². The van der Waals surface area contributed by atoms with Crippen LogP contribution in [0.3, 0.4) is 0 Å². The van der Waals surface area contributed by atoms with Crippen molar-refractivity contribution in [3.8, 4) is 5.75 Å². The fourth-order valence-electron chi connectivity index (χ4n) is 2.98. The first-order chi connectivity index (χ1) is 12.6. The molecule has 26 heavy (non-hydrogen) atoms. The zero-order valence-electron chi connectivity index (χ0n) is 14.5. The van der Waals surface area contributed by atoms with Crippen LogP contribution in [0.2, 0.25) is 5.02 Å². The average Bonchev–Trinajstić information content (AvgIpc) is 2.64. The molecule has 1 fully saturated rings. The predicted molar refractivity (Wildman–Crippen MR) is 100 cm³/mol. The van der Waals surface area contributed by atoms with Gasteiger partial charge in [0.2, 0.25) is 0 Å². The quantitative estimate of drug-likeness (QED) is 0.880. The van der Waals surface area contributed by atoms with Crippen molar-refractivity contribution in [2.24, 2.45) is 0 Å². The monoisotopic (exact) mass is 377 g/mol. The topological polar surface area (TPSA) is 44.8 Å². The van der Waals surface area contributed by atoms with Crippen molar-refractivity contribution in [3.05, 3.63) is 58.9 Å². The SMILES string of the molecule is COc1ccc(Cl)cc1CN1CCN(C(=O)Nc2ccccc2F)CC1. The minimum Gasteiger partial charge on any atom is -0.496 e. The molecule has 3 rings (SSSR count). The van der Waals surface area contributed by atoms with Gasteiger partial charge in [-0.2, -0.15) is 0 Å². The number of nitrogens with zero attached hydrogens (tertiary/aromatic N) is 2. The lowest BCUT2D eigenvalue weighted by Crippen LogP contribution is -2.49. The Morgan fingerprint density at radius 1 is 1.19 bits per heavy atom. The molecule has 0 aliphatic carbocycles. The molecule has 0 radical (unpaired) electrons. The van der Waals surface area contributed by atoms with E-state index in [0.29, 0.717) is 24.7 Å². The number of carbonyl (C=O) groups excluding carboxylic acids is 1. The van der Waals surface area contributed by atoms with Crippen LogP contribution in [-0.4, -0.2) is 49.1 Å². The molecule has 7 heteroatoms. The molecule has 2 aromatic carbocycles. The van der Waals surface area contributed by atoms with Gasteiger partial charge in [0.15, 0.2) is 0 Å². The molecule has 0 unspecified atom stereocenters. The average molecular weight is 378 g/mol. The van der Waals surface area contributed by atoms with E-state index in [1.54, 1.807) is 36.3 Å². The highest BCUT2D eigenvalue weighted by Crippen LogP contribution is 2.24. The van der Waals surface area contributed by atoms with E-state index in [1.165, 1.54) is 6.07 Å². The van der Waals surface area contributed by atoms with E-state index in [1.807, 2.05) is 12.1 Å². The Kier molecular flexibility index (Phi) is 5.96. The Labute approximate surface area is 157 Å². The molecular weight excluding hydrogens is 357 g/mol. The van der Waals surface area contributed by atoms with Crippen molar-refractivity contribution in [3.63, 3.8) is 0 Å². The number of benzene rings is 2. The van der Waals surface area contributed by atoms with Gasteiger partial charge in [-0.25, -0.2) is 9.18 Å². The molecule has 0 saturated carbocycles. The van der Waals surface area contributed by atoms with Crippen LogP contribution in [0.1, 0.15) is 5.56 Å². The molecule has 138 valence electrons. The van der Waals surface area contributed by atoms with Gasteiger partial charge in [-0.05, 0) is 30.3 Å². The lowest BCUT2D eigenvalue weighted by molar-refractivity contribution is 0.142. The number of ether oxygens (including phenoxy) is 1. The number of piperazine rings is 1. The van der Waals surface area contributed by atoms with E-state index >= 15 is 0 Å². The first-order valence-corrected chi connectivity index (χ1v) is 8.80. The van der Waals surface area contributed by atoms with Crippen LogP contribution in [0.15, 0.2) is 42.5 Å². The summed E-state index contributed by atoms with van der Waals surface area (Å²) in [6.45, 7) is 3.29. The molecule has 5 nitrogen and oxygen atoms in total. The number of hydrogen-bond donors (Lipinski definition) is 1. The summed E-state index contributed by atoms with van der Waals surface area (Å²) >= 11 is 6.08. The fourth-order valence-corrected chi connectivity index (χ4v) is 3.17. The normalized spacial score (nSPS) is 15.0. The van der Waals surface area contributed by atoms with Gasteiger partial charge in [0.1, 0.15) is 11.6 Å².